The fourth-order valence-electron chi connectivity index (χ4n) is 1.58. The Morgan fingerprint density at radius 2 is 2.00 bits per heavy atom. The zero-order valence-electron chi connectivity index (χ0n) is 8.43. The van der Waals surface area contributed by atoms with Crippen LogP contribution in [0, 0.1) is 0 Å². The molecule has 0 fully saturated rings. The Kier molecular flexibility index (Phi) is 2.88. The molecule has 0 aliphatic carbocycles. The summed E-state index contributed by atoms with van der Waals surface area (Å²) in [6.45, 7) is 0. The standard InChI is InChI=1S/C10H10Cl2N2O2/c1-13-3-2-9(16)14(13)8-5-6(15)4-7(11)10(8)12/h2-5,9,15-16H,1H3. The second-order valence-corrected chi connectivity index (χ2v) is 4.22. The molecule has 1 unspecified atom stereocenters. The molecule has 0 saturated heterocycles. The van der Waals surface area contributed by atoms with Crippen molar-refractivity contribution in [2.24, 2.45) is 0 Å². The molecule has 1 aliphatic rings. The van der Waals surface area contributed by atoms with E-state index in [1.807, 2.05) is 0 Å². The van der Waals surface area contributed by atoms with Crippen molar-refractivity contribution in [1.29, 1.82) is 0 Å². The Labute approximate surface area is 103 Å². The largest absolute Gasteiger partial charge is 0.508 e. The van der Waals surface area contributed by atoms with Crippen molar-refractivity contribution in [3.8, 4) is 5.75 Å². The number of phenolic OH excluding ortho intramolecular Hbond substituents is 1. The highest BCUT2D eigenvalue weighted by molar-refractivity contribution is 6.43. The molecule has 0 radical (unpaired) electrons. The monoisotopic (exact) mass is 260 g/mol. The SMILES string of the molecule is CN1C=CC(O)N1c1cc(O)cc(Cl)c1Cl. The number of hydrogen-bond acceptors (Lipinski definition) is 4. The molecular formula is C10H10Cl2N2O2. The number of hydrazine groups is 1. The number of halogens is 2. The quantitative estimate of drug-likeness (QED) is 0.813. The molecule has 1 heterocycles. The van der Waals surface area contributed by atoms with Crippen molar-refractivity contribution >= 4 is 28.9 Å². The summed E-state index contributed by atoms with van der Waals surface area (Å²) in [5.74, 6) is -0.00287. The van der Waals surface area contributed by atoms with Crippen LogP contribution in [-0.4, -0.2) is 28.5 Å². The highest BCUT2D eigenvalue weighted by atomic mass is 35.5. The topological polar surface area (TPSA) is 46.9 Å². The van der Waals surface area contributed by atoms with Gasteiger partial charge in [-0.3, -0.25) is 10.0 Å². The van der Waals surface area contributed by atoms with Gasteiger partial charge in [0.1, 0.15) is 5.75 Å². The maximum atomic E-state index is 9.73. The van der Waals surface area contributed by atoms with Crippen molar-refractivity contribution in [3.05, 3.63) is 34.5 Å². The first-order valence-electron chi connectivity index (χ1n) is 4.57. The zero-order chi connectivity index (χ0) is 11.9. The average molecular weight is 261 g/mol. The Balaban J connectivity index is 2.48. The molecule has 1 aromatic rings. The highest BCUT2D eigenvalue weighted by Crippen LogP contribution is 2.38. The summed E-state index contributed by atoms with van der Waals surface area (Å²) < 4.78 is 0. The van der Waals surface area contributed by atoms with Crippen LogP contribution in [0.25, 0.3) is 0 Å². The van der Waals surface area contributed by atoms with Crippen LogP contribution in [0.4, 0.5) is 5.69 Å². The second-order valence-electron chi connectivity index (χ2n) is 3.43. The normalized spacial score (nSPS) is 19.6. The van der Waals surface area contributed by atoms with Crippen molar-refractivity contribution < 1.29 is 10.2 Å². The molecule has 4 nitrogen and oxygen atoms in total. The third-order valence-electron chi connectivity index (χ3n) is 2.30. The van der Waals surface area contributed by atoms with E-state index < -0.39 is 6.23 Å². The molecule has 0 spiro atoms. The van der Waals surface area contributed by atoms with Gasteiger partial charge in [0.15, 0.2) is 6.23 Å². The summed E-state index contributed by atoms with van der Waals surface area (Å²) in [5, 5.41) is 22.9. The minimum atomic E-state index is -0.819. The van der Waals surface area contributed by atoms with E-state index in [4.69, 9.17) is 23.2 Å². The number of aliphatic hydroxyl groups is 1. The zero-order valence-corrected chi connectivity index (χ0v) is 9.94. The number of phenols is 1. The Bertz CT molecular complexity index is 439. The number of anilines is 1. The predicted octanol–water partition coefficient (Wildman–Crippen LogP) is 2.20. The molecule has 1 atom stereocenters. The number of benzene rings is 1. The Hall–Kier alpha value is -1.10. The van der Waals surface area contributed by atoms with E-state index in [-0.39, 0.29) is 15.8 Å². The van der Waals surface area contributed by atoms with Gasteiger partial charge in [0.2, 0.25) is 0 Å². The fraction of sp³-hybridized carbons (Fsp3) is 0.200. The van der Waals surface area contributed by atoms with Crippen LogP contribution < -0.4 is 5.01 Å². The van der Waals surface area contributed by atoms with Crippen LogP contribution in [0.3, 0.4) is 0 Å². The van der Waals surface area contributed by atoms with Gasteiger partial charge >= 0.3 is 0 Å². The number of hydrogen-bond donors (Lipinski definition) is 2. The molecule has 0 bridgehead atoms. The maximum absolute atomic E-state index is 9.73. The molecule has 0 aromatic heterocycles. The van der Waals surface area contributed by atoms with Gasteiger partial charge < -0.3 is 10.2 Å². The second kappa shape index (κ2) is 4.05. The van der Waals surface area contributed by atoms with Crippen LogP contribution in [0.1, 0.15) is 0 Å². The molecule has 0 amide bonds. The first-order chi connectivity index (χ1) is 7.50. The van der Waals surface area contributed by atoms with Gasteiger partial charge in [-0.1, -0.05) is 23.2 Å². The molecule has 1 aromatic carbocycles. The first kappa shape index (κ1) is 11.4. The molecule has 2 rings (SSSR count). The van der Waals surface area contributed by atoms with Gasteiger partial charge in [0.05, 0.1) is 15.7 Å². The van der Waals surface area contributed by atoms with Crippen molar-refractivity contribution in [2.75, 3.05) is 12.1 Å². The highest BCUT2D eigenvalue weighted by Gasteiger charge is 2.25. The van der Waals surface area contributed by atoms with Crippen molar-refractivity contribution in [1.82, 2.24) is 5.01 Å². The summed E-state index contributed by atoms with van der Waals surface area (Å²) in [5.41, 5.74) is 0.451. The van der Waals surface area contributed by atoms with Crippen LogP contribution in [-0.2, 0) is 0 Å². The Morgan fingerprint density at radius 3 is 2.56 bits per heavy atom. The van der Waals surface area contributed by atoms with Crippen LogP contribution in [0.5, 0.6) is 5.75 Å². The van der Waals surface area contributed by atoms with Gasteiger partial charge in [-0.05, 0) is 6.08 Å². The van der Waals surface area contributed by atoms with E-state index >= 15 is 0 Å². The lowest BCUT2D eigenvalue weighted by Gasteiger charge is -2.31. The lowest BCUT2D eigenvalue weighted by Crippen LogP contribution is -2.38. The Morgan fingerprint density at radius 1 is 1.31 bits per heavy atom. The minimum absolute atomic E-state index is 0.00287. The van der Waals surface area contributed by atoms with E-state index in [0.717, 1.165) is 0 Å². The van der Waals surface area contributed by atoms with Gasteiger partial charge in [0.25, 0.3) is 0 Å². The minimum Gasteiger partial charge on any atom is -0.508 e. The van der Waals surface area contributed by atoms with E-state index in [9.17, 15) is 10.2 Å². The van der Waals surface area contributed by atoms with Gasteiger partial charge in [-0.15, -0.1) is 0 Å². The molecule has 0 saturated carbocycles. The molecular weight excluding hydrogens is 251 g/mol. The molecule has 2 N–H and O–H groups in total. The van der Waals surface area contributed by atoms with Crippen LogP contribution >= 0.6 is 23.2 Å². The average Bonchev–Trinajstić information content (AvgIpc) is 2.53. The van der Waals surface area contributed by atoms with Crippen molar-refractivity contribution in [2.45, 2.75) is 6.23 Å². The summed E-state index contributed by atoms with van der Waals surface area (Å²) in [7, 11) is 1.75. The van der Waals surface area contributed by atoms with Gasteiger partial charge in [-0.25, -0.2) is 0 Å². The molecule has 6 heteroatoms. The van der Waals surface area contributed by atoms with E-state index in [1.54, 1.807) is 24.3 Å². The van der Waals surface area contributed by atoms with E-state index in [2.05, 4.69) is 0 Å². The van der Waals surface area contributed by atoms with Gasteiger partial charge in [-0.2, -0.15) is 0 Å². The number of aliphatic hydroxyl groups excluding tert-OH is 1. The van der Waals surface area contributed by atoms with Crippen molar-refractivity contribution in [3.63, 3.8) is 0 Å². The maximum Gasteiger partial charge on any atom is 0.166 e. The summed E-state index contributed by atoms with van der Waals surface area (Å²) in [6, 6.07) is 2.80. The summed E-state index contributed by atoms with van der Waals surface area (Å²) >= 11 is 11.9. The molecule has 16 heavy (non-hydrogen) atoms. The number of rotatable bonds is 1. The smallest absolute Gasteiger partial charge is 0.166 e. The van der Waals surface area contributed by atoms with E-state index in [0.29, 0.717) is 5.69 Å². The molecule has 1 aliphatic heterocycles. The third-order valence-corrected chi connectivity index (χ3v) is 3.10. The summed E-state index contributed by atoms with van der Waals surface area (Å²) in [4.78, 5) is 0. The lowest BCUT2D eigenvalue weighted by atomic mass is 10.3. The van der Waals surface area contributed by atoms with Gasteiger partial charge in [0, 0.05) is 25.4 Å². The summed E-state index contributed by atoms with van der Waals surface area (Å²) in [6.07, 6.45) is 2.47. The number of aromatic hydroxyl groups is 1. The first-order valence-corrected chi connectivity index (χ1v) is 5.32. The fourth-order valence-corrected chi connectivity index (χ4v) is 1.99. The van der Waals surface area contributed by atoms with Crippen LogP contribution in [0.2, 0.25) is 10.0 Å². The third kappa shape index (κ3) is 1.80. The van der Waals surface area contributed by atoms with Crippen LogP contribution in [0.15, 0.2) is 24.4 Å². The van der Waals surface area contributed by atoms with E-state index in [1.165, 1.54) is 17.1 Å². The molecule has 86 valence electrons. The predicted molar refractivity (Wildman–Crippen MR) is 63.5 cm³/mol. The lowest BCUT2D eigenvalue weighted by molar-refractivity contribution is 0.184. The number of nitrogens with zero attached hydrogens (tertiary/aromatic N) is 2.